The van der Waals surface area contributed by atoms with E-state index in [4.69, 9.17) is 9.26 Å². The minimum Gasteiger partial charge on any atom is -0.381 e. The van der Waals surface area contributed by atoms with E-state index in [-0.39, 0.29) is 0 Å². The fraction of sp³-hybridized carbons (Fsp3) is 0.846. The fourth-order valence-corrected chi connectivity index (χ4v) is 1.78. The smallest absolute Gasteiger partial charge is 0.228 e. The van der Waals surface area contributed by atoms with Crippen molar-refractivity contribution >= 4 is 0 Å². The van der Waals surface area contributed by atoms with Crippen molar-refractivity contribution < 1.29 is 9.26 Å². The Labute approximate surface area is 109 Å². The zero-order valence-corrected chi connectivity index (χ0v) is 11.9. The molecule has 1 N–H and O–H groups in total. The van der Waals surface area contributed by atoms with E-state index in [0.29, 0.717) is 30.9 Å². The van der Waals surface area contributed by atoms with Crippen molar-refractivity contribution in [2.75, 3.05) is 19.8 Å². The monoisotopic (exact) mass is 255 g/mol. The first-order valence-electron chi connectivity index (χ1n) is 6.79. The first kappa shape index (κ1) is 15.1. The molecule has 0 spiro atoms. The van der Waals surface area contributed by atoms with Crippen LogP contribution in [0.4, 0.5) is 0 Å². The van der Waals surface area contributed by atoms with Gasteiger partial charge < -0.3 is 14.6 Å². The van der Waals surface area contributed by atoms with Crippen molar-refractivity contribution in [2.24, 2.45) is 5.92 Å². The van der Waals surface area contributed by atoms with E-state index in [1.807, 2.05) is 6.92 Å². The third-order valence-corrected chi connectivity index (χ3v) is 2.85. The van der Waals surface area contributed by atoms with Gasteiger partial charge in [0.25, 0.3) is 0 Å². The molecule has 1 heterocycles. The standard InChI is InChI=1S/C13H25N3O2/c1-5-14-11(10(3)4)9-13-15-12(16-18-13)7-8-17-6-2/h10-11,14H,5-9H2,1-4H3. The molecule has 1 aromatic heterocycles. The average molecular weight is 255 g/mol. The lowest BCUT2D eigenvalue weighted by atomic mass is 10.0. The Morgan fingerprint density at radius 1 is 1.33 bits per heavy atom. The third kappa shape index (κ3) is 5.14. The van der Waals surface area contributed by atoms with Crippen LogP contribution in [-0.4, -0.2) is 35.9 Å². The van der Waals surface area contributed by atoms with Crippen LogP contribution >= 0.6 is 0 Å². The molecule has 1 unspecified atom stereocenters. The van der Waals surface area contributed by atoms with E-state index in [0.717, 1.165) is 25.4 Å². The van der Waals surface area contributed by atoms with Crippen molar-refractivity contribution in [1.82, 2.24) is 15.5 Å². The van der Waals surface area contributed by atoms with Crippen LogP contribution in [0.5, 0.6) is 0 Å². The second-order valence-electron chi connectivity index (χ2n) is 4.66. The first-order valence-corrected chi connectivity index (χ1v) is 6.79. The Hall–Kier alpha value is -0.940. The van der Waals surface area contributed by atoms with E-state index >= 15 is 0 Å². The largest absolute Gasteiger partial charge is 0.381 e. The molecule has 5 nitrogen and oxygen atoms in total. The van der Waals surface area contributed by atoms with Crippen molar-refractivity contribution in [3.05, 3.63) is 11.7 Å². The van der Waals surface area contributed by atoms with Gasteiger partial charge in [-0.25, -0.2) is 0 Å². The van der Waals surface area contributed by atoms with Crippen molar-refractivity contribution in [3.8, 4) is 0 Å². The van der Waals surface area contributed by atoms with Crippen LogP contribution in [0.25, 0.3) is 0 Å². The molecule has 0 radical (unpaired) electrons. The van der Waals surface area contributed by atoms with Crippen LogP contribution in [-0.2, 0) is 17.6 Å². The number of hydrogen-bond acceptors (Lipinski definition) is 5. The molecule has 0 aliphatic heterocycles. The maximum atomic E-state index is 5.27. The Bertz CT molecular complexity index is 326. The minimum atomic E-state index is 0.384. The number of nitrogens with zero attached hydrogens (tertiary/aromatic N) is 2. The van der Waals surface area contributed by atoms with Crippen molar-refractivity contribution in [1.29, 1.82) is 0 Å². The lowest BCUT2D eigenvalue weighted by molar-refractivity contribution is 0.149. The normalized spacial score (nSPS) is 13.2. The van der Waals surface area contributed by atoms with Crippen molar-refractivity contribution in [2.45, 2.75) is 46.6 Å². The molecule has 18 heavy (non-hydrogen) atoms. The van der Waals surface area contributed by atoms with Crippen LogP contribution in [0.15, 0.2) is 4.52 Å². The molecule has 104 valence electrons. The second kappa shape index (κ2) is 8.21. The van der Waals surface area contributed by atoms with E-state index < -0.39 is 0 Å². The summed E-state index contributed by atoms with van der Waals surface area (Å²) in [5.41, 5.74) is 0. The number of aromatic nitrogens is 2. The summed E-state index contributed by atoms with van der Waals surface area (Å²) in [5, 5.41) is 7.41. The molecule has 1 aromatic rings. The number of hydrogen-bond donors (Lipinski definition) is 1. The predicted octanol–water partition coefficient (Wildman–Crippen LogP) is 1.83. The summed E-state index contributed by atoms with van der Waals surface area (Å²) in [6.07, 6.45) is 1.50. The second-order valence-corrected chi connectivity index (χ2v) is 4.66. The van der Waals surface area contributed by atoms with E-state index in [9.17, 15) is 0 Å². The Balaban J connectivity index is 2.46. The molecule has 5 heteroatoms. The molecule has 0 saturated carbocycles. The van der Waals surface area contributed by atoms with Gasteiger partial charge in [0.2, 0.25) is 5.89 Å². The number of nitrogens with one attached hydrogen (secondary N) is 1. The molecule has 1 atom stereocenters. The quantitative estimate of drug-likeness (QED) is 0.682. The van der Waals surface area contributed by atoms with Gasteiger partial charge in [0.05, 0.1) is 6.61 Å². The molecule has 1 rings (SSSR count). The van der Waals surface area contributed by atoms with Gasteiger partial charge in [0, 0.05) is 25.5 Å². The molecule has 0 bridgehead atoms. The summed E-state index contributed by atoms with van der Waals surface area (Å²) in [7, 11) is 0. The maximum Gasteiger partial charge on any atom is 0.228 e. The van der Waals surface area contributed by atoms with Gasteiger partial charge >= 0.3 is 0 Å². The molecule has 0 fully saturated rings. The lowest BCUT2D eigenvalue weighted by Gasteiger charge is -2.19. The zero-order chi connectivity index (χ0) is 13.4. The van der Waals surface area contributed by atoms with Crippen LogP contribution in [0, 0.1) is 5.92 Å². The SMILES string of the molecule is CCNC(Cc1nc(CCOCC)no1)C(C)C. The summed E-state index contributed by atoms with van der Waals surface area (Å²) in [6.45, 7) is 10.8. The highest BCUT2D eigenvalue weighted by Crippen LogP contribution is 2.09. The third-order valence-electron chi connectivity index (χ3n) is 2.85. The fourth-order valence-electron chi connectivity index (χ4n) is 1.78. The summed E-state index contributed by atoms with van der Waals surface area (Å²) in [4.78, 5) is 4.39. The molecular formula is C13H25N3O2. The number of ether oxygens (including phenoxy) is 1. The molecule has 0 amide bonds. The summed E-state index contributed by atoms with van der Waals surface area (Å²) >= 11 is 0. The lowest BCUT2D eigenvalue weighted by Crippen LogP contribution is -2.35. The van der Waals surface area contributed by atoms with Gasteiger partial charge in [-0.05, 0) is 19.4 Å². The molecule has 0 aliphatic carbocycles. The van der Waals surface area contributed by atoms with Crippen LogP contribution in [0.3, 0.4) is 0 Å². The van der Waals surface area contributed by atoms with Gasteiger partial charge in [0.1, 0.15) is 0 Å². The summed E-state index contributed by atoms with van der Waals surface area (Å²) in [5.74, 6) is 1.99. The highest BCUT2D eigenvalue weighted by Gasteiger charge is 2.16. The van der Waals surface area contributed by atoms with Gasteiger partial charge in [-0.3, -0.25) is 0 Å². The summed E-state index contributed by atoms with van der Waals surface area (Å²) in [6, 6.07) is 0.384. The first-order chi connectivity index (χ1) is 8.67. The Kier molecular flexibility index (Phi) is 6.90. The van der Waals surface area contributed by atoms with Gasteiger partial charge in [-0.15, -0.1) is 0 Å². The van der Waals surface area contributed by atoms with Crippen LogP contribution in [0.2, 0.25) is 0 Å². The van der Waals surface area contributed by atoms with E-state index in [2.05, 4.69) is 36.2 Å². The maximum absolute atomic E-state index is 5.27. The Morgan fingerprint density at radius 2 is 2.11 bits per heavy atom. The number of rotatable bonds is 9. The van der Waals surface area contributed by atoms with Crippen LogP contribution in [0.1, 0.15) is 39.4 Å². The molecule has 0 saturated heterocycles. The van der Waals surface area contributed by atoms with Gasteiger partial charge in [-0.1, -0.05) is 25.9 Å². The highest BCUT2D eigenvalue weighted by molar-refractivity contribution is 4.90. The molecular weight excluding hydrogens is 230 g/mol. The summed E-state index contributed by atoms with van der Waals surface area (Å²) < 4.78 is 10.5. The van der Waals surface area contributed by atoms with Crippen molar-refractivity contribution in [3.63, 3.8) is 0 Å². The Morgan fingerprint density at radius 3 is 2.72 bits per heavy atom. The predicted molar refractivity (Wildman–Crippen MR) is 70.5 cm³/mol. The van der Waals surface area contributed by atoms with Gasteiger partial charge in [-0.2, -0.15) is 4.98 Å². The highest BCUT2D eigenvalue weighted by atomic mass is 16.5. The topological polar surface area (TPSA) is 60.2 Å². The minimum absolute atomic E-state index is 0.384. The average Bonchev–Trinajstić information content (AvgIpc) is 2.76. The number of likely N-dealkylation sites (N-methyl/N-ethyl adjacent to an activating group) is 1. The van der Waals surface area contributed by atoms with E-state index in [1.54, 1.807) is 0 Å². The zero-order valence-electron chi connectivity index (χ0n) is 11.9. The van der Waals surface area contributed by atoms with E-state index in [1.165, 1.54) is 0 Å². The van der Waals surface area contributed by atoms with Gasteiger partial charge in [0.15, 0.2) is 5.82 Å². The molecule has 0 aliphatic rings. The molecule has 0 aromatic carbocycles. The van der Waals surface area contributed by atoms with Crippen LogP contribution < -0.4 is 5.32 Å².